The molecule has 7 rings (SSSR count). The van der Waals surface area contributed by atoms with Gasteiger partial charge in [-0.3, -0.25) is 10.1 Å². The molecule has 56 heavy (non-hydrogen) atoms. The molecule has 0 spiro atoms. The fourth-order valence-corrected chi connectivity index (χ4v) is 6.65. The Bertz CT molecular complexity index is 2440. The molecular weight excluding hydrogens is 691 g/mol. The maximum absolute atomic E-state index is 12.3. The van der Waals surface area contributed by atoms with Crippen LogP contribution in [0, 0.1) is 24.0 Å². The highest BCUT2D eigenvalue weighted by Gasteiger charge is 2.16. The molecule has 0 aliphatic heterocycles. The lowest BCUT2D eigenvalue weighted by atomic mass is 10.0. The zero-order chi connectivity index (χ0) is 38.9. The van der Waals surface area contributed by atoms with Crippen LogP contribution in [-0.2, 0) is 0 Å². The van der Waals surface area contributed by atoms with E-state index in [9.17, 15) is 10.1 Å². The van der Waals surface area contributed by atoms with Crippen LogP contribution in [0.3, 0.4) is 0 Å². The summed E-state index contributed by atoms with van der Waals surface area (Å²) < 4.78 is 5.66. The van der Waals surface area contributed by atoms with Gasteiger partial charge in [0.15, 0.2) is 0 Å². The molecule has 0 aliphatic rings. The van der Waals surface area contributed by atoms with Crippen molar-refractivity contribution >= 4 is 64.1 Å². The van der Waals surface area contributed by atoms with Crippen molar-refractivity contribution in [1.82, 2.24) is 0 Å². The first-order valence-corrected chi connectivity index (χ1v) is 18.7. The smallest absolute Gasteiger partial charge is 0.277 e. The van der Waals surface area contributed by atoms with Crippen molar-refractivity contribution in [3.63, 3.8) is 0 Å². The topological polar surface area (TPSA) is 58.8 Å². The summed E-state index contributed by atoms with van der Waals surface area (Å²) in [5, 5.41) is 12.3. The number of aryl methyl sites for hydroxylation is 2. The molecule has 6 heteroatoms. The Kier molecular flexibility index (Phi) is 11.5. The first-order valence-electron chi connectivity index (χ1n) is 18.7. The van der Waals surface area contributed by atoms with Crippen molar-refractivity contribution < 1.29 is 9.66 Å². The van der Waals surface area contributed by atoms with E-state index in [-0.39, 0.29) is 10.6 Å². The Morgan fingerprint density at radius 3 is 1.38 bits per heavy atom. The summed E-state index contributed by atoms with van der Waals surface area (Å²) in [6.45, 7) is 6.66. The molecule has 276 valence electrons. The number of hydrogen-bond donors (Lipinski definition) is 0. The predicted molar refractivity (Wildman–Crippen MR) is 234 cm³/mol. The Morgan fingerprint density at radius 2 is 0.929 bits per heavy atom. The van der Waals surface area contributed by atoms with Gasteiger partial charge in [-0.25, -0.2) is 0 Å². The molecule has 7 aromatic rings. The second kappa shape index (κ2) is 17.3. The molecule has 7 aromatic carbocycles. The van der Waals surface area contributed by atoms with Gasteiger partial charge in [0.1, 0.15) is 5.75 Å². The SMILES string of the molecule is CCOc1ccc(N(c2ccccc2)c2ccc(/C=C/c3cc(C)c(/C=C/c4ccc(N(c5ccccc5)c5ccc(C)cc5)cc4)cc3[N+](=O)[O-])cc2)cc1. The lowest BCUT2D eigenvalue weighted by Crippen LogP contribution is -2.09. The fraction of sp³-hybridized carbons (Fsp3) is 0.0800. The summed E-state index contributed by atoms with van der Waals surface area (Å²) in [5.41, 5.74) is 11.7. The van der Waals surface area contributed by atoms with E-state index in [4.69, 9.17) is 4.74 Å². The van der Waals surface area contributed by atoms with Crippen LogP contribution in [0.1, 0.15) is 40.3 Å². The largest absolute Gasteiger partial charge is 0.494 e. The average Bonchev–Trinajstić information content (AvgIpc) is 3.23. The molecule has 0 saturated heterocycles. The van der Waals surface area contributed by atoms with Crippen LogP contribution in [0.15, 0.2) is 170 Å². The van der Waals surface area contributed by atoms with E-state index in [1.54, 1.807) is 6.07 Å². The van der Waals surface area contributed by atoms with E-state index in [1.165, 1.54) is 5.56 Å². The number of nitrogens with zero attached hydrogens (tertiary/aromatic N) is 3. The first-order chi connectivity index (χ1) is 27.4. The van der Waals surface area contributed by atoms with E-state index in [1.807, 2.05) is 105 Å². The Balaban J connectivity index is 1.10. The van der Waals surface area contributed by atoms with Gasteiger partial charge in [0, 0.05) is 40.2 Å². The van der Waals surface area contributed by atoms with E-state index in [2.05, 4.69) is 114 Å². The quantitative estimate of drug-likeness (QED) is 0.0671. The maximum atomic E-state index is 12.3. The van der Waals surface area contributed by atoms with Crippen molar-refractivity contribution in [2.45, 2.75) is 20.8 Å². The zero-order valence-electron chi connectivity index (χ0n) is 31.7. The number of nitro groups is 1. The van der Waals surface area contributed by atoms with Crippen LogP contribution in [0.25, 0.3) is 24.3 Å². The molecule has 6 nitrogen and oxygen atoms in total. The highest BCUT2D eigenvalue weighted by atomic mass is 16.6. The summed E-state index contributed by atoms with van der Waals surface area (Å²) in [6.07, 6.45) is 7.68. The van der Waals surface area contributed by atoms with Gasteiger partial charge >= 0.3 is 0 Å². The van der Waals surface area contributed by atoms with E-state index < -0.39 is 0 Å². The van der Waals surface area contributed by atoms with Gasteiger partial charge < -0.3 is 14.5 Å². The van der Waals surface area contributed by atoms with Gasteiger partial charge in [-0.1, -0.05) is 96.6 Å². The predicted octanol–water partition coefficient (Wildman–Crippen LogP) is 13.9. The van der Waals surface area contributed by atoms with Crippen molar-refractivity contribution in [3.8, 4) is 5.75 Å². The number of para-hydroxylation sites is 2. The number of rotatable bonds is 13. The molecule has 0 aliphatic carbocycles. The highest BCUT2D eigenvalue weighted by Crippen LogP contribution is 2.37. The summed E-state index contributed by atoms with van der Waals surface area (Å²) in [7, 11) is 0. The summed E-state index contributed by atoms with van der Waals surface area (Å²) in [5.74, 6) is 0.827. The minimum atomic E-state index is -0.313. The lowest BCUT2D eigenvalue weighted by molar-refractivity contribution is -0.385. The normalized spacial score (nSPS) is 11.2. The molecule has 0 bridgehead atoms. The number of nitro benzene ring substituents is 1. The van der Waals surface area contributed by atoms with Gasteiger partial charge in [-0.05, 0) is 140 Å². The fourth-order valence-electron chi connectivity index (χ4n) is 6.65. The standard InChI is InChI=1S/C50H43N3O3/c1-4-56-49-33-31-48(32-34-49)52(44-13-9-6-10-14-44)47-29-21-40(22-30-47)18-24-42-35-38(3)41(36-50(42)53(54)55)23-17-39-19-27-46(28-20-39)51(43-11-7-5-8-12-43)45-25-15-37(2)16-26-45/h5-36H,4H2,1-3H3/b23-17+,24-18+. The van der Waals surface area contributed by atoms with Gasteiger partial charge in [-0.2, -0.15) is 0 Å². The molecule has 0 saturated carbocycles. The van der Waals surface area contributed by atoms with Gasteiger partial charge in [0.2, 0.25) is 0 Å². The minimum absolute atomic E-state index is 0.0563. The summed E-state index contributed by atoms with van der Waals surface area (Å²) in [6, 6.07) is 57.1. The van der Waals surface area contributed by atoms with Crippen LogP contribution < -0.4 is 14.5 Å². The van der Waals surface area contributed by atoms with E-state index >= 15 is 0 Å². The number of benzene rings is 7. The molecule has 0 atom stereocenters. The van der Waals surface area contributed by atoms with Gasteiger partial charge in [0.05, 0.1) is 17.1 Å². The monoisotopic (exact) mass is 733 g/mol. The lowest BCUT2D eigenvalue weighted by Gasteiger charge is -2.25. The van der Waals surface area contributed by atoms with Crippen LogP contribution >= 0.6 is 0 Å². The van der Waals surface area contributed by atoms with Crippen molar-refractivity contribution in [2.75, 3.05) is 16.4 Å². The second-order valence-electron chi connectivity index (χ2n) is 13.5. The summed E-state index contributed by atoms with van der Waals surface area (Å²) >= 11 is 0. The van der Waals surface area contributed by atoms with Crippen LogP contribution in [0.4, 0.5) is 39.8 Å². The second-order valence-corrected chi connectivity index (χ2v) is 13.5. The number of ether oxygens (including phenoxy) is 1. The van der Waals surface area contributed by atoms with E-state index in [0.29, 0.717) is 12.2 Å². The zero-order valence-corrected chi connectivity index (χ0v) is 31.7. The number of hydrogen-bond acceptors (Lipinski definition) is 5. The third-order valence-corrected chi connectivity index (χ3v) is 9.55. The molecule has 0 aromatic heterocycles. The highest BCUT2D eigenvalue weighted by molar-refractivity contribution is 5.82. The summed E-state index contributed by atoms with van der Waals surface area (Å²) in [4.78, 5) is 16.4. The van der Waals surface area contributed by atoms with E-state index in [0.717, 1.165) is 62.1 Å². The molecule has 0 unspecified atom stereocenters. The molecule has 0 heterocycles. The molecule has 0 fully saturated rings. The van der Waals surface area contributed by atoms with Gasteiger partial charge in [-0.15, -0.1) is 0 Å². The Morgan fingerprint density at radius 1 is 0.518 bits per heavy atom. The number of anilines is 6. The molecule has 0 amide bonds. The van der Waals surface area contributed by atoms with Crippen molar-refractivity contribution in [2.24, 2.45) is 0 Å². The third-order valence-electron chi connectivity index (χ3n) is 9.55. The van der Waals surface area contributed by atoms with Crippen LogP contribution in [0.5, 0.6) is 5.75 Å². The molecular formula is C50H43N3O3. The Labute approximate surface area is 329 Å². The van der Waals surface area contributed by atoms with Crippen molar-refractivity contribution in [3.05, 3.63) is 213 Å². The Hall–Kier alpha value is -7.18. The third kappa shape index (κ3) is 8.78. The molecule has 0 N–H and O–H groups in total. The van der Waals surface area contributed by atoms with Gasteiger partial charge in [0.25, 0.3) is 5.69 Å². The van der Waals surface area contributed by atoms with Crippen molar-refractivity contribution in [1.29, 1.82) is 0 Å². The first kappa shape index (κ1) is 37.1. The van der Waals surface area contributed by atoms with Crippen LogP contribution in [0.2, 0.25) is 0 Å². The molecule has 0 radical (unpaired) electrons. The average molecular weight is 734 g/mol. The van der Waals surface area contributed by atoms with Crippen LogP contribution in [-0.4, -0.2) is 11.5 Å². The minimum Gasteiger partial charge on any atom is -0.494 e. The maximum Gasteiger partial charge on any atom is 0.277 e.